The van der Waals surface area contributed by atoms with Crippen molar-refractivity contribution in [3.8, 4) is 0 Å². The monoisotopic (exact) mass is 464 g/mol. The van der Waals surface area contributed by atoms with Crippen LogP contribution in [0.5, 0.6) is 0 Å². The Balaban J connectivity index is 0. The molecule has 0 bridgehead atoms. The molecule has 0 radical (unpaired) electrons. The van der Waals surface area contributed by atoms with Crippen LogP contribution in [0.25, 0.3) is 0 Å². The zero-order valence-electron chi connectivity index (χ0n) is 7.48. The first-order valence-electron chi connectivity index (χ1n) is 3.33. The van der Waals surface area contributed by atoms with Crippen molar-refractivity contribution in [1.29, 1.82) is 0 Å². The Morgan fingerprint density at radius 1 is 0.895 bits per heavy atom. The molecule has 0 aliphatic heterocycles. The number of rotatable bonds is 5. The van der Waals surface area contributed by atoms with Crippen LogP contribution in [0.2, 0.25) is 0 Å². The number of ether oxygens (including phenoxy) is 1. The van der Waals surface area contributed by atoms with Gasteiger partial charge in [0.05, 0.1) is 0 Å². The van der Waals surface area contributed by atoms with Gasteiger partial charge in [-0.3, -0.25) is 4.55 Å². The predicted octanol–water partition coefficient (Wildman–Crippen LogP) is 2.05. The van der Waals surface area contributed by atoms with E-state index in [2.05, 4.69) is 0 Å². The molecule has 0 aromatic carbocycles. The molecule has 0 rings (SSSR count). The summed E-state index contributed by atoms with van der Waals surface area (Å²) >= 11 is -0.390. The molecule has 112 valence electrons. The van der Waals surface area contributed by atoms with Crippen molar-refractivity contribution < 1.29 is 52.8 Å². The van der Waals surface area contributed by atoms with Crippen molar-refractivity contribution in [1.82, 2.24) is 0 Å². The third kappa shape index (κ3) is 5.11. The fourth-order valence-electron chi connectivity index (χ4n) is 0.428. The Labute approximate surface area is 156 Å². The van der Waals surface area contributed by atoms with Crippen LogP contribution in [-0.4, -0.2) is 85.8 Å². The molecule has 0 saturated carbocycles. The molecule has 0 atom stereocenters. The summed E-state index contributed by atoms with van der Waals surface area (Å²) in [5.41, 5.74) is 0. The first-order chi connectivity index (χ1) is 7.46. The van der Waals surface area contributed by atoms with Crippen molar-refractivity contribution in [3.05, 3.63) is 0 Å². The normalized spacial score (nSPS) is 15.1. The van der Waals surface area contributed by atoms with E-state index in [9.17, 15) is 43.5 Å². The minimum atomic E-state index is -6.87. The van der Waals surface area contributed by atoms with Crippen molar-refractivity contribution in [2.45, 2.75) is 21.4 Å². The van der Waals surface area contributed by atoms with Crippen molar-refractivity contribution in [2.24, 2.45) is 0 Å². The second-order valence-electron chi connectivity index (χ2n) is 2.63. The second kappa shape index (κ2) is 6.43. The molecule has 0 spiro atoms. The zero-order chi connectivity index (χ0) is 15.2. The second-order valence-corrected chi connectivity index (χ2v) is 5.44. The number of alkyl halides is 9. The van der Waals surface area contributed by atoms with Crippen LogP contribution in [0.15, 0.2) is 0 Å². The summed E-state index contributed by atoms with van der Waals surface area (Å²) < 4.78 is 122. The number of hydrogen-bond acceptors (Lipinski definition) is 3. The van der Waals surface area contributed by atoms with Gasteiger partial charge in [0.2, 0.25) is 0 Å². The van der Waals surface area contributed by atoms with Crippen LogP contribution in [0, 0.1) is 0 Å². The van der Waals surface area contributed by atoms with E-state index in [0.717, 1.165) is 0 Å². The summed E-state index contributed by atoms with van der Waals surface area (Å²) in [6.45, 7) is 0. The fraction of sp³-hybridized carbons (Fsp3) is 1.00. The maximum absolute atomic E-state index is 12.4. The molecule has 0 aromatic heterocycles. The van der Waals surface area contributed by atoms with Gasteiger partial charge in [-0.25, -0.2) is 4.74 Å². The van der Waals surface area contributed by atoms with E-state index in [1.54, 1.807) is 0 Å². The first-order valence-corrected chi connectivity index (χ1v) is 5.85. The Kier molecular flexibility index (Phi) is 7.76. The third-order valence-electron chi connectivity index (χ3n) is 1.25. The van der Waals surface area contributed by atoms with E-state index < -0.39 is 54.1 Å². The van der Waals surface area contributed by atoms with Gasteiger partial charge in [-0.1, -0.05) is 0 Å². The molecule has 0 fully saturated rings. The molecule has 15 heteroatoms. The number of hydrogen-bond donors (Lipinski definition) is 1. The van der Waals surface area contributed by atoms with Crippen LogP contribution in [0.3, 0.4) is 0 Å². The van der Waals surface area contributed by atoms with Gasteiger partial charge >= 0.3 is 82.9 Å². The van der Waals surface area contributed by atoms with Gasteiger partial charge in [0.1, 0.15) is 0 Å². The molecule has 0 aliphatic carbocycles. The van der Waals surface area contributed by atoms with Crippen molar-refractivity contribution in [2.75, 3.05) is 0 Å². The van der Waals surface area contributed by atoms with Gasteiger partial charge in [0.15, 0.2) is 0 Å². The molecule has 4 nitrogen and oxygen atoms in total. The molecule has 0 aliphatic rings. The summed E-state index contributed by atoms with van der Waals surface area (Å²) in [7, 11) is -6.87. The molecule has 0 aromatic rings. The third-order valence-corrected chi connectivity index (χ3v) is 2.76. The SMILES string of the molecule is O=S(=O)(O)C(F)(F)C(F)(F)OC(F)(F)C(F)(F)I.[KH]. The van der Waals surface area contributed by atoms with E-state index in [0.29, 0.717) is 0 Å². The van der Waals surface area contributed by atoms with Gasteiger partial charge < -0.3 is 0 Å². The topological polar surface area (TPSA) is 63.6 Å². The number of halogens is 9. The Bertz CT molecular complexity index is 419. The molecule has 19 heavy (non-hydrogen) atoms. The Morgan fingerprint density at radius 3 is 1.42 bits per heavy atom. The van der Waals surface area contributed by atoms with Gasteiger partial charge in [-0.05, 0) is 0 Å². The predicted molar refractivity (Wildman–Crippen MR) is 53.6 cm³/mol. The van der Waals surface area contributed by atoms with Gasteiger partial charge in [0.25, 0.3) is 0 Å². The Hall–Kier alpha value is 1.68. The quantitative estimate of drug-likeness (QED) is 0.223. The van der Waals surface area contributed by atoms with E-state index >= 15 is 0 Å². The molecule has 0 heterocycles. The van der Waals surface area contributed by atoms with Crippen LogP contribution >= 0.6 is 22.6 Å². The van der Waals surface area contributed by atoms with Crippen molar-refractivity contribution in [3.63, 3.8) is 0 Å². The molecule has 0 saturated heterocycles. The van der Waals surface area contributed by atoms with Crippen molar-refractivity contribution >= 4 is 84.1 Å². The molecule has 1 N–H and O–H groups in total. The summed E-state index contributed by atoms with van der Waals surface area (Å²) in [4.78, 5) is 0. The van der Waals surface area contributed by atoms with Crippen LogP contribution in [0.4, 0.5) is 35.1 Å². The van der Waals surface area contributed by atoms with Gasteiger partial charge in [0, 0.05) is 22.6 Å². The van der Waals surface area contributed by atoms with Crippen LogP contribution in [-0.2, 0) is 14.9 Å². The fourth-order valence-corrected chi connectivity index (χ4v) is 0.880. The molecule has 0 unspecified atom stereocenters. The van der Waals surface area contributed by atoms with Crippen LogP contribution in [0.1, 0.15) is 0 Å². The van der Waals surface area contributed by atoms with Crippen LogP contribution < -0.4 is 0 Å². The average Bonchev–Trinajstić information content (AvgIpc) is 1.96. The van der Waals surface area contributed by atoms with E-state index in [1.165, 1.54) is 0 Å². The molecule has 0 amide bonds. The standard InChI is InChI=1S/C4HF8IO4S.K.H/c5-1(6,13)2(7,8)17-3(9,10)4(11,12)18(14,15)16;;/h(H,14,15,16);;. The maximum atomic E-state index is 12.4. The van der Waals surface area contributed by atoms with Gasteiger partial charge in [-0.15, -0.1) is 0 Å². The van der Waals surface area contributed by atoms with E-state index in [1.807, 2.05) is 4.74 Å². The summed E-state index contributed by atoms with van der Waals surface area (Å²) in [6.07, 6.45) is -12.7. The summed E-state index contributed by atoms with van der Waals surface area (Å²) in [5, 5.41) is -6.54. The van der Waals surface area contributed by atoms with E-state index in [-0.39, 0.29) is 51.4 Å². The molecular formula is C4H2F8IKO4S. The zero-order valence-corrected chi connectivity index (χ0v) is 10.5. The Morgan fingerprint density at radius 2 is 1.21 bits per heavy atom. The first kappa shape index (κ1) is 22.9. The van der Waals surface area contributed by atoms with E-state index in [4.69, 9.17) is 4.55 Å². The molecular weight excluding hydrogens is 462 g/mol. The van der Waals surface area contributed by atoms with Gasteiger partial charge in [-0.2, -0.15) is 43.5 Å². The average molecular weight is 464 g/mol. The summed E-state index contributed by atoms with van der Waals surface area (Å²) in [5.74, 6) is 0. The summed E-state index contributed by atoms with van der Waals surface area (Å²) in [6, 6.07) is 0. The minimum absolute atomic E-state index is 0.